The zero-order valence-electron chi connectivity index (χ0n) is 25.4. The molecule has 2 aliphatic rings. The molecule has 0 unspecified atom stereocenters. The van der Waals surface area contributed by atoms with Gasteiger partial charge in [-0.05, 0) is 61.9 Å². The number of carbonyl (C=O) groups excluding carboxylic acids is 3. The summed E-state index contributed by atoms with van der Waals surface area (Å²) in [5.41, 5.74) is 3.57. The molecule has 3 aromatic rings. The third-order valence-corrected chi connectivity index (χ3v) is 8.08. The van der Waals surface area contributed by atoms with Gasteiger partial charge in [0.1, 0.15) is 17.7 Å². The van der Waals surface area contributed by atoms with Crippen molar-refractivity contribution in [3.05, 3.63) is 101 Å². The van der Waals surface area contributed by atoms with Crippen LogP contribution in [-0.4, -0.2) is 69.6 Å². The molecule has 0 saturated heterocycles. The van der Waals surface area contributed by atoms with Gasteiger partial charge >= 0.3 is 12.1 Å². The summed E-state index contributed by atoms with van der Waals surface area (Å²) in [4.78, 5) is 58.2. The van der Waals surface area contributed by atoms with Gasteiger partial charge in [0.05, 0.1) is 12.2 Å². The molecule has 230 valence electrons. The van der Waals surface area contributed by atoms with Gasteiger partial charge in [-0.15, -0.1) is 0 Å². The standard InChI is InChI=1S/C35H39N3O6/c1-35(2,3)44-34(43)38-28-18-10-9-16-26(28)21-29(38)32(40)36(19-11-14-24-12-5-4-6-13-24)23-31(39)37-22-27-17-8-7-15-25(27)20-30(37)33(41)42/h4-10,12-13,15-18,29-30H,11,14,19-23H2,1-3H3,(H,41,42)/t29-,30-/m1/s1. The average molecular weight is 598 g/mol. The molecule has 3 amide bonds. The molecule has 3 aromatic carbocycles. The SMILES string of the molecule is CC(C)(C)OC(=O)N1c2ccccc2C[C@@H]1C(=O)N(CCCc1ccccc1)CC(=O)N1Cc2ccccc2C[C@@H]1C(=O)O. The van der Waals surface area contributed by atoms with Gasteiger partial charge in [0.15, 0.2) is 0 Å². The topological polar surface area (TPSA) is 107 Å². The van der Waals surface area contributed by atoms with Crippen molar-refractivity contribution in [2.75, 3.05) is 18.0 Å². The summed E-state index contributed by atoms with van der Waals surface area (Å²) in [6.45, 7) is 5.43. The van der Waals surface area contributed by atoms with Crippen LogP contribution in [0.4, 0.5) is 10.5 Å². The Bertz CT molecular complexity index is 1530. The lowest BCUT2D eigenvalue weighted by atomic mass is 9.94. The Balaban J connectivity index is 1.41. The second kappa shape index (κ2) is 12.9. The van der Waals surface area contributed by atoms with E-state index in [1.807, 2.05) is 72.8 Å². The van der Waals surface area contributed by atoms with Crippen LogP contribution in [0.1, 0.15) is 49.4 Å². The van der Waals surface area contributed by atoms with E-state index >= 15 is 0 Å². The first-order valence-electron chi connectivity index (χ1n) is 15.0. The molecular formula is C35H39N3O6. The van der Waals surface area contributed by atoms with Gasteiger partial charge in [0.25, 0.3) is 0 Å². The van der Waals surface area contributed by atoms with Gasteiger partial charge in [-0.25, -0.2) is 9.59 Å². The second-order valence-electron chi connectivity index (χ2n) is 12.4. The largest absolute Gasteiger partial charge is 0.480 e. The third kappa shape index (κ3) is 6.93. The van der Waals surface area contributed by atoms with Crippen LogP contribution in [0.25, 0.3) is 0 Å². The molecule has 9 nitrogen and oxygen atoms in total. The van der Waals surface area contributed by atoms with E-state index in [0.29, 0.717) is 18.5 Å². The number of amides is 3. The molecule has 2 atom stereocenters. The molecule has 0 fully saturated rings. The van der Waals surface area contributed by atoms with Crippen LogP contribution in [0.2, 0.25) is 0 Å². The van der Waals surface area contributed by atoms with Gasteiger partial charge < -0.3 is 19.6 Å². The Hall–Kier alpha value is -4.66. The zero-order chi connectivity index (χ0) is 31.4. The summed E-state index contributed by atoms with van der Waals surface area (Å²) in [5.74, 6) is -1.91. The Morgan fingerprint density at radius 2 is 1.45 bits per heavy atom. The van der Waals surface area contributed by atoms with Crippen LogP contribution in [0, 0.1) is 0 Å². The first kappa shape index (κ1) is 30.8. The predicted octanol–water partition coefficient (Wildman–Crippen LogP) is 4.85. The van der Waals surface area contributed by atoms with E-state index in [9.17, 15) is 24.3 Å². The number of nitrogens with zero attached hydrogens (tertiary/aromatic N) is 3. The molecule has 44 heavy (non-hydrogen) atoms. The van der Waals surface area contributed by atoms with Gasteiger partial charge in [0.2, 0.25) is 11.8 Å². The highest BCUT2D eigenvalue weighted by atomic mass is 16.6. The monoisotopic (exact) mass is 597 g/mol. The number of rotatable bonds is 8. The maximum atomic E-state index is 14.4. The molecular weight excluding hydrogens is 558 g/mol. The quantitative estimate of drug-likeness (QED) is 0.398. The molecule has 9 heteroatoms. The fourth-order valence-electron chi connectivity index (χ4n) is 5.98. The number of hydrogen-bond donors (Lipinski definition) is 1. The molecule has 2 heterocycles. The van der Waals surface area contributed by atoms with Crippen LogP contribution >= 0.6 is 0 Å². The smallest absolute Gasteiger partial charge is 0.415 e. The first-order chi connectivity index (χ1) is 21.0. The lowest BCUT2D eigenvalue weighted by Crippen LogP contribution is -2.55. The van der Waals surface area contributed by atoms with Crippen molar-refractivity contribution >= 4 is 29.6 Å². The first-order valence-corrected chi connectivity index (χ1v) is 15.0. The number of benzene rings is 3. The van der Waals surface area contributed by atoms with Crippen LogP contribution in [-0.2, 0) is 44.9 Å². The minimum absolute atomic E-state index is 0.150. The Morgan fingerprint density at radius 3 is 2.14 bits per heavy atom. The van der Waals surface area contributed by atoms with Gasteiger partial charge in [-0.3, -0.25) is 14.5 Å². The minimum atomic E-state index is -1.09. The number of carboxylic acids is 1. The summed E-state index contributed by atoms with van der Waals surface area (Å²) in [6, 6.07) is 22.8. The zero-order valence-corrected chi connectivity index (χ0v) is 25.4. The number of para-hydroxylation sites is 1. The number of aryl methyl sites for hydroxylation is 1. The van der Waals surface area contributed by atoms with E-state index in [1.165, 1.54) is 14.7 Å². The Kier molecular flexibility index (Phi) is 9.04. The second-order valence-corrected chi connectivity index (χ2v) is 12.4. The maximum absolute atomic E-state index is 14.4. The number of carbonyl (C=O) groups is 4. The molecule has 0 aromatic heterocycles. The van der Waals surface area contributed by atoms with Gasteiger partial charge in [-0.2, -0.15) is 0 Å². The molecule has 1 N–H and O–H groups in total. The fraction of sp³-hybridized carbons (Fsp3) is 0.371. The van der Waals surface area contributed by atoms with Crippen molar-refractivity contribution < 1.29 is 29.0 Å². The minimum Gasteiger partial charge on any atom is -0.480 e. The predicted molar refractivity (Wildman–Crippen MR) is 166 cm³/mol. The number of carboxylic acid groups (broad SMARTS) is 1. The van der Waals surface area contributed by atoms with Crippen molar-refractivity contribution in [2.45, 2.75) is 70.7 Å². The number of hydrogen-bond acceptors (Lipinski definition) is 5. The maximum Gasteiger partial charge on any atom is 0.415 e. The summed E-state index contributed by atoms with van der Waals surface area (Å²) in [6.07, 6.45) is 1.12. The summed E-state index contributed by atoms with van der Waals surface area (Å²) in [7, 11) is 0. The highest BCUT2D eigenvalue weighted by Gasteiger charge is 2.43. The van der Waals surface area contributed by atoms with E-state index in [4.69, 9.17) is 4.74 Å². The van der Waals surface area contributed by atoms with Crippen molar-refractivity contribution in [2.24, 2.45) is 0 Å². The summed E-state index contributed by atoms with van der Waals surface area (Å²) >= 11 is 0. The van der Waals surface area contributed by atoms with E-state index in [2.05, 4.69) is 0 Å². The van der Waals surface area contributed by atoms with Crippen LogP contribution in [0.3, 0.4) is 0 Å². The average Bonchev–Trinajstić information content (AvgIpc) is 3.39. The summed E-state index contributed by atoms with van der Waals surface area (Å²) in [5, 5.41) is 10.0. The van der Waals surface area contributed by atoms with E-state index < -0.39 is 35.7 Å². The highest BCUT2D eigenvalue weighted by Crippen LogP contribution is 2.34. The molecule has 0 aliphatic carbocycles. The third-order valence-electron chi connectivity index (χ3n) is 8.08. The Morgan fingerprint density at radius 1 is 0.841 bits per heavy atom. The Labute approximate surface area is 258 Å². The van der Waals surface area contributed by atoms with Crippen molar-refractivity contribution in [1.29, 1.82) is 0 Å². The molecule has 0 bridgehead atoms. The molecule has 2 aliphatic heterocycles. The molecule has 0 spiro atoms. The van der Waals surface area contributed by atoms with Gasteiger partial charge in [-0.1, -0.05) is 72.8 Å². The van der Waals surface area contributed by atoms with Crippen LogP contribution in [0.15, 0.2) is 78.9 Å². The van der Waals surface area contributed by atoms with Crippen molar-refractivity contribution in [3.8, 4) is 0 Å². The number of anilines is 1. The summed E-state index contributed by atoms with van der Waals surface area (Å²) < 4.78 is 5.70. The lowest BCUT2D eigenvalue weighted by Gasteiger charge is -2.37. The molecule has 0 radical (unpaired) electrons. The molecule has 5 rings (SSSR count). The number of aliphatic carboxylic acids is 1. The van der Waals surface area contributed by atoms with Crippen molar-refractivity contribution in [1.82, 2.24) is 9.80 Å². The van der Waals surface area contributed by atoms with E-state index in [0.717, 1.165) is 22.3 Å². The van der Waals surface area contributed by atoms with E-state index in [-0.39, 0.29) is 38.4 Å². The van der Waals surface area contributed by atoms with Crippen LogP contribution in [0.5, 0.6) is 0 Å². The van der Waals surface area contributed by atoms with Gasteiger partial charge in [0, 0.05) is 25.9 Å². The lowest BCUT2D eigenvalue weighted by molar-refractivity contribution is -0.153. The van der Waals surface area contributed by atoms with E-state index in [1.54, 1.807) is 26.8 Å². The van der Waals surface area contributed by atoms with Crippen molar-refractivity contribution in [3.63, 3.8) is 0 Å². The normalized spacial score (nSPS) is 17.4. The number of ether oxygens (including phenoxy) is 1. The fourth-order valence-corrected chi connectivity index (χ4v) is 5.98. The van der Waals surface area contributed by atoms with Crippen LogP contribution < -0.4 is 4.90 Å². The number of fused-ring (bicyclic) bond motifs is 2. The highest BCUT2D eigenvalue weighted by molar-refractivity contribution is 6.01. The molecule has 0 saturated carbocycles.